The lowest BCUT2D eigenvalue weighted by Crippen LogP contribution is -2.36. The minimum Gasteiger partial charge on any atom is -0.456 e. The highest BCUT2D eigenvalue weighted by atomic mass is 16.3. The fourth-order valence-electron chi connectivity index (χ4n) is 7.20. The average molecular weight is 728 g/mol. The summed E-state index contributed by atoms with van der Waals surface area (Å²) >= 11 is 0. The number of amidine groups is 2. The molecule has 0 aliphatic carbocycles. The molecule has 4 N–H and O–H groups in total. The summed E-state index contributed by atoms with van der Waals surface area (Å²) < 4.78 is 11.9. The predicted molar refractivity (Wildman–Crippen MR) is 229 cm³/mol. The second-order valence-corrected chi connectivity index (χ2v) is 13.6. The van der Waals surface area contributed by atoms with E-state index in [0.717, 1.165) is 61.2 Å². The zero-order valence-corrected chi connectivity index (χ0v) is 30.6. The Bertz CT molecular complexity index is 2910. The summed E-state index contributed by atoms with van der Waals surface area (Å²) in [7, 11) is 0. The number of furan rings is 2. The molecule has 2 aromatic heterocycles. The number of anilines is 1. The molecule has 7 aromatic carbocycles. The second kappa shape index (κ2) is 14.7. The average Bonchev–Trinajstić information content (AvgIpc) is 3.83. The zero-order chi connectivity index (χ0) is 38.0. The van der Waals surface area contributed by atoms with Gasteiger partial charge < -0.3 is 19.9 Å². The van der Waals surface area contributed by atoms with Crippen LogP contribution in [0, 0.1) is 12.3 Å². The molecule has 0 saturated carbocycles. The molecular formula is C49H37N5O2. The van der Waals surface area contributed by atoms with Crippen molar-refractivity contribution in [2.45, 2.75) is 13.1 Å². The third-order valence-electron chi connectivity index (χ3n) is 10.0. The van der Waals surface area contributed by atoms with Gasteiger partial charge in [-0.2, -0.15) is 0 Å². The predicted octanol–water partition coefficient (Wildman–Crippen LogP) is 11.5. The Morgan fingerprint density at radius 2 is 1.05 bits per heavy atom. The van der Waals surface area contributed by atoms with Crippen LogP contribution in [0.1, 0.15) is 39.7 Å². The molecule has 0 fully saturated rings. The standard InChI is InChI=1S/C34H25N3O.C15H12N2O/c1-22-10-8-16-28-30(22)31-27(15-9-17-29(31)38-28)34-36-32(25-13-6-3-7-14-25)35-33(37-34)26-20-18-24(19-21-26)23-11-4-2-5-12-23;16-13(10-6-2-1-3-7-10)15-14(17)11-8-4-5-9-12(11)18-15/h2-21,34H,1H3,(H,35,36,37);1-9,16H,17H2. The lowest BCUT2D eigenvalue weighted by atomic mass is 10.0. The molecule has 1 atom stereocenters. The van der Waals surface area contributed by atoms with Gasteiger partial charge in [0.15, 0.2) is 11.9 Å². The molecule has 1 aliphatic heterocycles. The summed E-state index contributed by atoms with van der Waals surface area (Å²) in [5.74, 6) is 2.03. The molecule has 0 spiro atoms. The van der Waals surface area contributed by atoms with Gasteiger partial charge in [-0.3, -0.25) is 5.41 Å². The van der Waals surface area contributed by atoms with Crippen molar-refractivity contribution in [1.29, 1.82) is 5.41 Å². The van der Waals surface area contributed by atoms with Crippen LogP contribution in [0.25, 0.3) is 44.0 Å². The Morgan fingerprint density at radius 3 is 1.73 bits per heavy atom. The Kier molecular flexibility index (Phi) is 9.01. The smallest absolute Gasteiger partial charge is 0.176 e. The molecule has 1 aliphatic rings. The summed E-state index contributed by atoms with van der Waals surface area (Å²) in [6, 6.07) is 58.5. The van der Waals surface area contributed by atoms with E-state index < -0.39 is 6.17 Å². The van der Waals surface area contributed by atoms with Crippen molar-refractivity contribution in [3.63, 3.8) is 0 Å². The van der Waals surface area contributed by atoms with Gasteiger partial charge in [0.05, 0.1) is 5.69 Å². The van der Waals surface area contributed by atoms with E-state index in [4.69, 9.17) is 30.0 Å². The maximum Gasteiger partial charge on any atom is 0.176 e. The molecule has 0 saturated heterocycles. The first-order valence-electron chi connectivity index (χ1n) is 18.5. The number of nitrogens with zero attached hydrogens (tertiary/aromatic N) is 2. The van der Waals surface area contributed by atoms with E-state index in [2.05, 4.69) is 85.0 Å². The van der Waals surface area contributed by atoms with E-state index in [0.29, 0.717) is 22.7 Å². The number of rotatable bonds is 6. The molecule has 7 nitrogen and oxygen atoms in total. The number of aryl methyl sites for hydroxylation is 1. The summed E-state index contributed by atoms with van der Waals surface area (Å²) in [5.41, 5.74) is 16.7. The highest BCUT2D eigenvalue weighted by molar-refractivity contribution is 6.17. The summed E-state index contributed by atoms with van der Waals surface area (Å²) in [4.78, 5) is 10.2. The Hall–Kier alpha value is -7.51. The Morgan fingerprint density at radius 1 is 0.536 bits per heavy atom. The van der Waals surface area contributed by atoms with Crippen LogP contribution in [0.3, 0.4) is 0 Å². The third kappa shape index (κ3) is 6.52. The van der Waals surface area contributed by atoms with Gasteiger partial charge in [-0.05, 0) is 47.9 Å². The van der Waals surface area contributed by atoms with Crippen LogP contribution in [0.5, 0.6) is 0 Å². The number of aliphatic imine (C=N–C) groups is 2. The molecule has 0 bridgehead atoms. The number of nitrogens with one attached hydrogen (secondary N) is 2. The van der Waals surface area contributed by atoms with Gasteiger partial charge in [-0.15, -0.1) is 0 Å². The fraction of sp³-hybridized carbons (Fsp3) is 0.0408. The van der Waals surface area contributed by atoms with Gasteiger partial charge in [0.25, 0.3) is 0 Å². The van der Waals surface area contributed by atoms with E-state index in [1.54, 1.807) is 0 Å². The van der Waals surface area contributed by atoms with Crippen molar-refractivity contribution >= 4 is 56.0 Å². The highest BCUT2D eigenvalue weighted by Crippen LogP contribution is 2.38. The maximum atomic E-state index is 8.17. The lowest BCUT2D eigenvalue weighted by Gasteiger charge is -2.23. The molecule has 10 rings (SSSR count). The SMILES string of the molecule is Cc1cccc2oc3cccc(C4N=C(c5ccccc5)NC(c5ccc(-c6ccccc6)cc5)=N4)c3c12.N=C(c1ccccc1)c1oc2ccccc2c1N. The van der Waals surface area contributed by atoms with E-state index >= 15 is 0 Å². The summed E-state index contributed by atoms with van der Waals surface area (Å²) in [5, 5.41) is 14.7. The quantitative estimate of drug-likeness (QED) is 0.148. The number of hydrogen-bond acceptors (Lipinski definition) is 7. The van der Waals surface area contributed by atoms with Crippen LogP contribution < -0.4 is 11.1 Å². The van der Waals surface area contributed by atoms with E-state index in [1.165, 1.54) is 16.7 Å². The van der Waals surface area contributed by atoms with Gasteiger partial charge in [-0.1, -0.05) is 152 Å². The topological polar surface area (TPSA) is 113 Å². The van der Waals surface area contributed by atoms with Gasteiger partial charge in [0.1, 0.15) is 34.1 Å². The van der Waals surface area contributed by atoms with E-state index in [1.807, 2.05) is 103 Å². The fourth-order valence-corrected chi connectivity index (χ4v) is 7.20. The van der Waals surface area contributed by atoms with Gasteiger partial charge in [0, 0.05) is 38.4 Å². The third-order valence-corrected chi connectivity index (χ3v) is 10.0. The normalized spacial score (nSPS) is 13.8. The number of nitrogen functional groups attached to an aromatic ring is 1. The molecular weight excluding hydrogens is 691 g/mol. The van der Waals surface area contributed by atoms with Gasteiger partial charge >= 0.3 is 0 Å². The van der Waals surface area contributed by atoms with Crippen molar-refractivity contribution in [1.82, 2.24) is 5.32 Å². The monoisotopic (exact) mass is 727 g/mol. The molecule has 270 valence electrons. The second-order valence-electron chi connectivity index (χ2n) is 13.6. The van der Waals surface area contributed by atoms with E-state index in [9.17, 15) is 0 Å². The van der Waals surface area contributed by atoms with E-state index in [-0.39, 0.29) is 0 Å². The number of benzene rings is 7. The van der Waals surface area contributed by atoms with Crippen LogP contribution in [0.15, 0.2) is 195 Å². The maximum absolute atomic E-state index is 8.17. The first kappa shape index (κ1) is 34.3. The van der Waals surface area contributed by atoms with Crippen LogP contribution in [-0.2, 0) is 0 Å². The number of para-hydroxylation sites is 1. The zero-order valence-electron chi connectivity index (χ0n) is 30.6. The lowest BCUT2D eigenvalue weighted by molar-refractivity contribution is 0.606. The number of nitrogens with two attached hydrogens (primary N) is 1. The molecule has 9 aromatic rings. The summed E-state index contributed by atoms with van der Waals surface area (Å²) in [6.45, 7) is 2.12. The van der Waals surface area contributed by atoms with Gasteiger partial charge in [-0.25, -0.2) is 9.98 Å². The molecule has 0 radical (unpaired) electrons. The number of fused-ring (bicyclic) bond motifs is 4. The highest BCUT2D eigenvalue weighted by Gasteiger charge is 2.24. The minimum absolute atomic E-state index is 0.310. The van der Waals surface area contributed by atoms with Crippen molar-refractivity contribution in [2.24, 2.45) is 9.98 Å². The minimum atomic E-state index is -0.417. The Balaban J connectivity index is 0.000000190. The molecule has 1 unspecified atom stereocenters. The first-order valence-corrected chi connectivity index (χ1v) is 18.5. The van der Waals surface area contributed by atoms with Crippen LogP contribution in [0.4, 0.5) is 5.69 Å². The number of hydrogen-bond donors (Lipinski definition) is 3. The van der Waals surface area contributed by atoms with Gasteiger partial charge in [0.2, 0.25) is 0 Å². The van der Waals surface area contributed by atoms with Crippen LogP contribution in [0.2, 0.25) is 0 Å². The van der Waals surface area contributed by atoms with Crippen LogP contribution in [-0.4, -0.2) is 17.4 Å². The van der Waals surface area contributed by atoms with Crippen molar-refractivity contribution in [2.75, 3.05) is 5.73 Å². The van der Waals surface area contributed by atoms with Crippen LogP contribution >= 0.6 is 0 Å². The Labute approximate surface area is 324 Å². The first-order chi connectivity index (χ1) is 27.5. The van der Waals surface area contributed by atoms with Crippen molar-refractivity contribution in [3.8, 4) is 11.1 Å². The molecule has 3 heterocycles. The molecule has 7 heteroatoms. The molecule has 0 amide bonds. The summed E-state index contributed by atoms with van der Waals surface area (Å²) in [6.07, 6.45) is -0.417. The van der Waals surface area contributed by atoms with Crippen molar-refractivity contribution < 1.29 is 8.83 Å². The van der Waals surface area contributed by atoms with Crippen molar-refractivity contribution in [3.05, 3.63) is 210 Å². The largest absolute Gasteiger partial charge is 0.456 e. The molecule has 56 heavy (non-hydrogen) atoms.